The van der Waals surface area contributed by atoms with Gasteiger partial charge < -0.3 is 4.90 Å². The Balaban J connectivity index is 2.84. The molecule has 3 nitrogen and oxygen atoms in total. The van der Waals surface area contributed by atoms with Gasteiger partial charge in [-0.3, -0.25) is 0 Å². The summed E-state index contributed by atoms with van der Waals surface area (Å²) in [5.74, 6) is -1.32. The van der Waals surface area contributed by atoms with Crippen molar-refractivity contribution in [2.75, 3.05) is 23.9 Å². The zero-order chi connectivity index (χ0) is 13.1. The molecule has 1 heterocycles. The quantitative estimate of drug-likeness (QED) is 0.618. The van der Waals surface area contributed by atoms with Gasteiger partial charge in [0.2, 0.25) is 11.0 Å². The van der Waals surface area contributed by atoms with E-state index in [-0.39, 0.29) is 17.6 Å². The number of rotatable bonds is 5. The molecule has 0 unspecified atom stereocenters. The predicted octanol–water partition coefficient (Wildman–Crippen LogP) is 2.87. The summed E-state index contributed by atoms with van der Waals surface area (Å²) in [6.45, 7) is -0.738. The zero-order valence-corrected chi connectivity index (χ0v) is 9.79. The average Bonchev–Trinajstić information content (AvgIpc) is 2.64. The Morgan fingerprint density at radius 1 is 1.35 bits per heavy atom. The second-order valence-corrected chi connectivity index (χ2v) is 4.03. The van der Waals surface area contributed by atoms with Gasteiger partial charge in [0.15, 0.2) is 0 Å². The molecule has 0 aliphatic carbocycles. The van der Waals surface area contributed by atoms with E-state index < -0.39 is 25.0 Å². The molecule has 1 rings (SSSR count). The smallest absolute Gasteiger partial charge is 0.340 e. The van der Waals surface area contributed by atoms with Gasteiger partial charge in [-0.2, -0.15) is 22.5 Å². The van der Waals surface area contributed by atoms with E-state index in [0.29, 0.717) is 11.5 Å². The monoisotopic (exact) mass is 295 g/mol. The van der Waals surface area contributed by atoms with Crippen molar-refractivity contribution < 1.29 is 22.0 Å². The molecule has 0 bridgehead atoms. The summed E-state index contributed by atoms with van der Waals surface area (Å²) in [5.41, 5.74) is 0. The van der Waals surface area contributed by atoms with Crippen molar-refractivity contribution in [1.82, 2.24) is 9.36 Å². The standard InChI is InChI=1S/C7H7ClF5N3S/c8-1-2-16(3-4(9)10)6-14-5(15-17-6)7(11,12)13/h4H,1-3H2. The highest BCUT2D eigenvalue weighted by Crippen LogP contribution is 2.30. The van der Waals surface area contributed by atoms with Crippen LogP contribution in [0.2, 0.25) is 0 Å². The van der Waals surface area contributed by atoms with Gasteiger partial charge >= 0.3 is 6.18 Å². The predicted molar refractivity (Wildman–Crippen MR) is 53.8 cm³/mol. The molecule has 17 heavy (non-hydrogen) atoms. The Morgan fingerprint density at radius 3 is 2.41 bits per heavy atom. The van der Waals surface area contributed by atoms with Crippen molar-refractivity contribution >= 4 is 28.3 Å². The fraction of sp³-hybridized carbons (Fsp3) is 0.714. The van der Waals surface area contributed by atoms with E-state index in [2.05, 4.69) is 9.36 Å². The van der Waals surface area contributed by atoms with Crippen LogP contribution in [0.1, 0.15) is 5.82 Å². The Labute approximate surface area is 102 Å². The van der Waals surface area contributed by atoms with Crippen LogP contribution in [-0.4, -0.2) is 34.8 Å². The summed E-state index contributed by atoms with van der Waals surface area (Å²) >= 11 is 5.79. The van der Waals surface area contributed by atoms with Gasteiger partial charge in [0.05, 0.1) is 6.54 Å². The first-order valence-corrected chi connectivity index (χ1v) is 5.65. The van der Waals surface area contributed by atoms with E-state index in [1.807, 2.05) is 0 Å². The van der Waals surface area contributed by atoms with E-state index >= 15 is 0 Å². The first kappa shape index (κ1) is 14.4. The van der Waals surface area contributed by atoms with Gasteiger partial charge in [-0.25, -0.2) is 8.78 Å². The topological polar surface area (TPSA) is 29.0 Å². The molecule has 0 saturated heterocycles. The molecule has 0 atom stereocenters. The summed E-state index contributed by atoms with van der Waals surface area (Å²) in [6, 6.07) is 0. The number of hydrogen-bond donors (Lipinski definition) is 0. The number of alkyl halides is 6. The zero-order valence-electron chi connectivity index (χ0n) is 8.22. The van der Waals surface area contributed by atoms with Gasteiger partial charge in [0, 0.05) is 24.0 Å². The first-order valence-electron chi connectivity index (χ1n) is 4.34. The van der Waals surface area contributed by atoms with Crippen LogP contribution >= 0.6 is 23.1 Å². The minimum absolute atomic E-state index is 0.00759. The number of aromatic nitrogens is 2. The maximum atomic E-state index is 12.2. The summed E-state index contributed by atoms with van der Waals surface area (Å²) in [4.78, 5) is 4.15. The van der Waals surface area contributed by atoms with Crippen LogP contribution in [0.5, 0.6) is 0 Å². The summed E-state index contributed by atoms with van der Waals surface area (Å²) in [5, 5.41) is -0.210. The molecule has 1 aromatic heterocycles. The third-order valence-corrected chi connectivity index (χ3v) is 2.60. The van der Waals surface area contributed by atoms with Crippen LogP contribution < -0.4 is 4.90 Å². The fourth-order valence-corrected chi connectivity index (χ4v) is 1.92. The maximum absolute atomic E-state index is 12.2. The highest BCUT2D eigenvalue weighted by Gasteiger charge is 2.36. The van der Waals surface area contributed by atoms with Gasteiger partial charge in [0.25, 0.3) is 6.43 Å². The Hall–Kier alpha value is -0.700. The summed E-state index contributed by atoms with van der Waals surface area (Å²) < 4.78 is 64.0. The third kappa shape index (κ3) is 4.23. The van der Waals surface area contributed by atoms with Crippen molar-refractivity contribution in [1.29, 1.82) is 0 Å². The second-order valence-electron chi connectivity index (χ2n) is 2.92. The van der Waals surface area contributed by atoms with Gasteiger partial charge in [0.1, 0.15) is 0 Å². The van der Waals surface area contributed by atoms with Crippen LogP contribution in [0, 0.1) is 0 Å². The van der Waals surface area contributed by atoms with Gasteiger partial charge in [-0.1, -0.05) is 0 Å². The summed E-state index contributed by atoms with van der Waals surface area (Å²) in [6.07, 6.45) is -7.36. The van der Waals surface area contributed by atoms with Crippen LogP contribution in [0.3, 0.4) is 0 Å². The highest BCUT2D eigenvalue weighted by molar-refractivity contribution is 7.09. The minimum atomic E-state index is -4.67. The van der Waals surface area contributed by atoms with Crippen molar-refractivity contribution in [3.8, 4) is 0 Å². The lowest BCUT2D eigenvalue weighted by molar-refractivity contribution is -0.144. The molecule has 0 aliphatic heterocycles. The number of nitrogens with zero attached hydrogens (tertiary/aromatic N) is 3. The highest BCUT2D eigenvalue weighted by atomic mass is 35.5. The van der Waals surface area contributed by atoms with E-state index in [1.165, 1.54) is 0 Å². The molecule has 98 valence electrons. The lowest BCUT2D eigenvalue weighted by atomic mass is 10.5. The van der Waals surface area contributed by atoms with Crippen molar-refractivity contribution in [2.24, 2.45) is 0 Å². The molecular formula is C7H7ClF5N3S. The normalized spacial score (nSPS) is 12.2. The second kappa shape index (κ2) is 5.76. The Bertz CT molecular complexity index is 356. The molecule has 0 saturated carbocycles. The minimum Gasteiger partial charge on any atom is -0.340 e. The Kier molecular flexibility index (Phi) is 4.87. The third-order valence-electron chi connectivity index (χ3n) is 1.65. The lowest BCUT2D eigenvalue weighted by Crippen LogP contribution is -2.30. The van der Waals surface area contributed by atoms with E-state index in [9.17, 15) is 22.0 Å². The van der Waals surface area contributed by atoms with E-state index in [0.717, 1.165) is 4.90 Å². The largest absolute Gasteiger partial charge is 0.452 e. The molecule has 0 aliphatic rings. The van der Waals surface area contributed by atoms with Gasteiger partial charge in [-0.15, -0.1) is 11.6 Å². The number of anilines is 1. The average molecular weight is 296 g/mol. The molecule has 0 amide bonds. The Morgan fingerprint density at radius 2 is 2.00 bits per heavy atom. The van der Waals surface area contributed by atoms with Crippen LogP contribution in [-0.2, 0) is 6.18 Å². The van der Waals surface area contributed by atoms with E-state index in [4.69, 9.17) is 11.6 Å². The SMILES string of the molecule is FC(F)CN(CCCl)c1nc(C(F)(F)F)ns1. The number of halogens is 6. The molecule has 10 heteroatoms. The molecule has 0 N–H and O–H groups in total. The maximum Gasteiger partial charge on any atom is 0.452 e. The molecule has 0 fully saturated rings. The summed E-state index contributed by atoms with van der Waals surface area (Å²) in [7, 11) is 0. The van der Waals surface area contributed by atoms with Crippen LogP contribution in [0.25, 0.3) is 0 Å². The van der Waals surface area contributed by atoms with Crippen molar-refractivity contribution in [3.63, 3.8) is 0 Å². The number of hydrogen-bond acceptors (Lipinski definition) is 4. The van der Waals surface area contributed by atoms with Crippen LogP contribution in [0.4, 0.5) is 27.1 Å². The van der Waals surface area contributed by atoms with Crippen LogP contribution in [0.15, 0.2) is 0 Å². The van der Waals surface area contributed by atoms with E-state index in [1.54, 1.807) is 0 Å². The molecule has 0 radical (unpaired) electrons. The molecule has 0 spiro atoms. The lowest BCUT2D eigenvalue weighted by Gasteiger charge is -2.19. The van der Waals surface area contributed by atoms with Gasteiger partial charge in [-0.05, 0) is 0 Å². The molecular weight excluding hydrogens is 289 g/mol. The van der Waals surface area contributed by atoms with Crippen molar-refractivity contribution in [2.45, 2.75) is 12.6 Å². The van der Waals surface area contributed by atoms with Crippen molar-refractivity contribution in [3.05, 3.63) is 5.82 Å². The molecule has 0 aromatic carbocycles. The fourth-order valence-electron chi connectivity index (χ4n) is 0.993. The molecule has 1 aromatic rings. The first-order chi connectivity index (χ1) is 7.84.